The lowest BCUT2D eigenvalue weighted by Gasteiger charge is -2.39. The number of aromatic amines is 1. The lowest BCUT2D eigenvalue weighted by Crippen LogP contribution is -2.50. The molecule has 1 saturated heterocycles. The zero-order valence-corrected chi connectivity index (χ0v) is 35.7. The van der Waals surface area contributed by atoms with E-state index < -0.39 is 37.4 Å². The fourth-order valence-corrected chi connectivity index (χ4v) is 9.75. The van der Waals surface area contributed by atoms with Gasteiger partial charge in [-0.25, -0.2) is 20.1 Å². The van der Waals surface area contributed by atoms with E-state index in [1.54, 1.807) is 11.1 Å². The first kappa shape index (κ1) is 44.3. The highest BCUT2D eigenvalue weighted by molar-refractivity contribution is 7.44. The third kappa shape index (κ3) is 9.70. The second kappa shape index (κ2) is 19.4. The van der Waals surface area contributed by atoms with Crippen LogP contribution < -0.4 is 22.8 Å². The number of nitrogens with two attached hydrogens (primary N) is 2. The molecule has 322 valence electrons. The summed E-state index contributed by atoms with van der Waals surface area (Å²) in [6.45, 7) is 12.4. The second-order valence-electron chi connectivity index (χ2n) is 15.6. The quantitative estimate of drug-likeness (QED) is 0.0620. The summed E-state index contributed by atoms with van der Waals surface area (Å²) >= 11 is 0. The predicted molar refractivity (Wildman–Crippen MR) is 227 cm³/mol. The summed E-state index contributed by atoms with van der Waals surface area (Å²) in [5, 5.41) is 22.4. The third-order valence-corrected chi connectivity index (χ3v) is 12.9. The average molecular weight is 846 g/mol. The first-order valence-electron chi connectivity index (χ1n) is 20.3. The molecule has 3 atom stereocenters. The van der Waals surface area contributed by atoms with Crippen LogP contribution in [-0.2, 0) is 18.5 Å². The number of aromatic nitrogens is 2. The van der Waals surface area contributed by atoms with Gasteiger partial charge in [0.05, 0.1) is 25.6 Å². The molecule has 1 aromatic heterocycles. The van der Waals surface area contributed by atoms with Crippen LogP contribution in [0.2, 0.25) is 0 Å². The van der Waals surface area contributed by atoms with Crippen LogP contribution in [0, 0.1) is 11.3 Å². The molecule has 17 nitrogen and oxygen atoms in total. The van der Waals surface area contributed by atoms with Crippen molar-refractivity contribution in [3.63, 3.8) is 0 Å². The van der Waals surface area contributed by atoms with E-state index in [-0.39, 0.29) is 62.5 Å². The number of carbonyl (C=O) groups excluding carboxylic acids is 1. The Morgan fingerprint density at radius 3 is 2.28 bits per heavy atom. The number of amides is 1. The number of hydrazine groups is 1. The Kier molecular flexibility index (Phi) is 14.4. The number of nitrogens with zero attached hydrogens (tertiary/aromatic N) is 6. The number of ether oxygens (including phenoxy) is 2. The molecule has 0 saturated carbocycles. The van der Waals surface area contributed by atoms with Gasteiger partial charge in [0.15, 0.2) is 17.1 Å². The highest BCUT2D eigenvalue weighted by Crippen LogP contribution is 2.54. The Balaban J connectivity index is 1.12. The summed E-state index contributed by atoms with van der Waals surface area (Å²) in [5.74, 6) is 6.21. The monoisotopic (exact) mass is 845 g/mol. The number of carbonyl (C=O) groups is 1. The third-order valence-electron chi connectivity index (χ3n) is 10.9. The van der Waals surface area contributed by atoms with Crippen molar-refractivity contribution < 1.29 is 28.4 Å². The van der Waals surface area contributed by atoms with Gasteiger partial charge in [-0.1, -0.05) is 55.5 Å². The van der Waals surface area contributed by atoms with Crippen molar-refractivity contribution in [3.8, 4) is 17.2 Å². The van der Waals surface area contributed by atoms with E-state index in [1.807, 2.05) is 63.6 Å². The first-order chi connectivity index (χ1) is 28.8. The summed E-state index contributed by atoms with van der Waals surface area (Å²) in [7, 11) is -1.91. The number of aliphatic hydroxyl groups is 1. The molecule has 6 rings (SSSR count). The Labute approximate surface area is 351 Å². The van der Waals surface area contributed by atoms with Crippen molar-refractivity contribution in [1.82, 2.24) is 29.0 Å². The number of piperazine rings is 1. The Hall–Kier alpha value is -5.21. The van der Waals surface area contributed by atoms with E-state index >= 15 is 0 Å². The van der Waals surface area contributed by atoms with Crippen LogP contribution in [0.4, 0.5) is 4.79 Å². The van der Waals surface area contributed by atoms with Crippen molar-refractivity contribution in [2.45, 2.75) is 77.3 Å². The number of nitriles is 1. The fraction of sp³-hybridized carbons (Fsp3) is 0.476. The summed E-state index contributed by atoms with van der Waals surface area (Å²) in [4.78, 5) is 44.1. The van der Waals surface area contributed by atoms with Crippen molar-refractivity contribution in [2.75, 3.05) is 52.5 Å². The van der Waals surface area contributed by atoms with Crippen molar-refractivity contribution in [3.05, 3.63) is 116 Å². The number of hydrogen-bond donors (Lipinski definition) is 4. The van der Waals surface area contributed by atoms with Crippen LogP contribution in [-0.4, -0.2) is 110 Å². The van der Waals surface area contributed by atoms with Gasteiger partial charge in [-0.3, -0.25) is 19.2 Å². The van der Waals surface area contributed by atoms with Gasteiger partial charge in [0.1, 0.15) is 6.61 Å². The van der Waals surface area contributed by atoms with Crippen molar-refractivity contribution in [1.29, 1.82) is 5.26 Å². The second-order valence-corrected chi connectivity index (χ2v) is 17.0. The molecule has 0 radical (unpaired) electrons. The van der Waals surface area contributed by atoms with Crippen molar-refractivity contribution >= 4 is 14.6 Å². The number of rotatable bonds is 17. The molecule has 1 unspecified atom stereocenters. The molecular weight excluding hydrogens is 789 g/mol. The van der Waals surface area contributed by atoms with Gasteiger partial charge in [-0.15, -0.1) is 0 Å². The van der Waals surface area contributed by atoms with Gasteiger partial charge in [0, 0.05) is 74.9 Å². The molecule has 6 N–H and O–H groups in total. The van der Waals surface area contributed by atoms with E-state index in [4.69, 9.17) is 30.1 Å². The van der Waals surface area contributed by atoms with Crippen LogP contribution in [0.3, 0.4) is 0 Å². The first-order valence-corrected chi connectivity index (χ1v) is 21.4. The minimum absolute atomic E-state index is 0.00856. The van der Waals surface area contributed by atoms with Crippen molar-refractivity contribution in [2.24, 2.45) is 11.6 Å². The van der Waals surface area contributed by atoms with Crippen LogP contribution >= 0.6 is 8.53 Å². The van der Waals surface area contributed by atoms with Gasteiger partial charge >= 0.3 is 20.3 Å². The molecular formula is C42H56N9O8P. The molecule has 18 heteroatoms. The number of H-pyrrole nitrogens is 1. The topological polar surface area (TPSA) is 218 Å². The highest BCUT2D eigenvalue weighted by Gasteiger charge is 2.52. The predicted octanol–water partition coefficient (Wildman–Crippen LogP) is 4.82. The van der Waals surface area contributed by atoms with Gasteiger partial charge < -0.3 is 39.3 Å². The van der Waals surface area contributed by atoms with Gasteiger partial charge in [-0.2, -0.15) is 5.26 Å². The maximum atomic E-state index is 13.2. The van der Waals surface area contributed by atoms with E-state index in [1.165, 1.54) is 22.3 Å². The van der Waals surface area contributed by atoms with Gasteiger partial charge in [0.2, 0.25) is 6.23 Å². The summed E-state index contributed by atoms with van der Waals surface area (Å²) < 4.78 is 28.2. The zero-order chi connectivity index (χ0) is 43.1. The molecule has 1 amide bonds. The van der Waals surface area contributed by atoms with Gasteiger partial charge in [-0.05, 0) is 56.4 Å². The maximum Gasteiger partial charge on any atom is 0.409 e. The molecule has 3 heterocycles. The summed E-state index contributed by atoms with van der Waals surface area (Å²) in [5.41, 5.74) is 8.83. The van der Waals surface area contributed by atoms with Gasteiger partial charge in [0.25, 0.3) is 5.56 Å². The SMILES string of the molecule is CC[C@]1(CN(N)/C=C(\N)CN2CCN(C(=O)OCC3c4ccccc4-c4ccccc43)CC2)O[C@@H](n2ccc(=O)[nH]c2=O)C(O)=C1OP(OCCC#N)N(C(C)C)C(C)C. The number of aliphatic hydroxyl groups excluding tert-OH is 1. The van der Waals surface area contributed by atoms with Crippen LogP contribution in [0.1, 0.15) is 70.7 Å². The molecule has 1 fully saturated rings. The molecule has 3 aliphatic rings. The lowest BCUT2D eigenvalue weighted by atomic mass is 9.98. The normalized spacial score (nSPS) is 20.1. The average Bonchev–Trinajstić information content (AvgIpc) is 3.67. The van der Waals surface area contributed by atoms with Crippen LogP contribution in [0.15, 0.2) is 93.8 Å². The Morgan fingerprint density at radius 2 is 1.70 bits per heavy atom. The van der Waals surface area contributed by atoms with E-state index in [9.17, 15) is 24.8 Å². The summed E-state index contributed by atoms with van der Waals surface area (Å²) in [6, 6.07) is 19.6. The fourth-order valence-electron chi connectivity index (χ4n) is 8.05. The smallest absolute Gasteiger partial charge is 0.409 e. The van der Waals surface area contributed by atoms with E-state index in [0.29, 0.717) is 38.4 Å². The number of benzene rings is 2. The zero-order valence-electron chi connectivity index (χ0n) is 34.8. The van der Waals surface area contributed by atoms with E-state index in [2.05, 4.69) is 40.2 Å². The lowest BCUT2D eigenvalue weighted by molar-refractivity contribution is -0.0954. The molecule has 3 aromatic rings. The number of nitrogens with one attached hydrogen (secondary N) is 1. The number of fused-ring (bicyclic) bond motifs is 3. The Bertz CT molecular complexity index is 2160. The molecule has 2 aliphatic heterocycles. The largest absolute Gasteiger partial charge is 0.505 e. The number of hydrogen-bond acceptors (Lipinski definition) is 14. The summed E-state index contributed by atoms with van der Waals surface area (Å²) in [6.07, 6.45) is 1.44. The molecule has 60 heavy (non-hydrogen) atoms. The molecule has 1 aliphatic carbocycles. The molecule has 0 bridgehead atoms. The Morgan fingerprint density at radius 1 is 1.07 bits per heavy atom. The highest BCUT2D eigenvalue weighted by atomic mass is 31.2. The minimum atomic E-state index is -1.91. The van der Waals surface area contributed by atoms with Crippen LogP contribution in [0.25, 0.3) is 11.1 Å². The minimum Gasteiger partial charge on any atom is -0.505 e. The molecule has 2 aromatic carbocycles. The molecule has 0 spiro atoms. The standard InChI is InChI=1S/C42H56N9O8P/c1-6-42(38(37(53)39(58-42)50-18-16-36(52)46-40(50)54)59-60(57-23-11-17-43)51(28(2)3)29(4)5)27-49(45)25-30(44)24-47-19-21-48(22-20-47)41(55)56-26-35-33-14-9-7-12-31(33)32-13-8-10-15-34(32)35/h7-10,12-16,18,25,28-29,35,39,53H,6,11,19-24,26-27,44-45H2,1-5H3,(H,46,52,54)/b30-25-/t39-,42-,60?/m1/s1. The van der Waals surface area contributed by atoms with E-state index in [0.717, 1.165) is 21.8 Å². The maximum absolute atomic E-state index is 13.2. The van der Waals surface area contributed by atoms with Crippen LogP contribution in [0.5, 0.6) is 0 Å².